The predicted molar refractivity (Wildman–Crippen MR) is 99.3 cm³/mol. The Morgan fingerprint density at radius 3 is 2.86 bits per heavy atom. The normalized spacial score (nSPS) is 29.3. The zero-order valence-corrected chi connectivity index (χ0v) is 16.0. The highest BCUT2D eigenvalue weighted by Gasteiger charge is 2.50. The molecule has 0 radical (unpaired) electrons. The Labute approximate surface area is 164 Å². The van der Waals surface area contributed by atoms with Gasteiger partial charge in [0.2, 0.25) is 5.88 Å². The number of esters is 1. The van der Waals surface area contributed by atoms with Gasteiger partial charge in [-0.15, -0.1) is 0 Å². The number of ether oxygens (including phenoxy) is 4. The van der Waals surface area contributed by atoms with Crippen molar-refractivity contribution in [1.29, 1.82) is 0 Å². The second-order valence-electron chi connectivity index (χ2n) is 7.50. The van der Waals surface area contributed by atoms with Crippen molar-refractivity contribution in [3.63, 3.8) is 0 Å². The Morgan fingerprint density at radius 2 is 2.14 bits per heavy atom. The van der Waals surface area contributed by atoms with Gasteiger partial charge >= 0.3 is 12.1 Å². The first kappa shape index (κ1) is 18.7. The van der Waals surface area contributed by atoms with Gasteiger partial charge in [0.1, 0.15) is 11.9 Å². The molecule has 0 aromatic carbocycles. The van der Waals surface area contributed by atoms with E-state index >= 15 is 0 Å². The minimum atomic E-state index is -0.585. The third-order valence-electron chi connectivity index (χ3n) is 5.64. The quantitative estimate of drug-likeness (QED) is 0.681. The molecule has 7 heteroatoms. The van der Waals surface area contributed by atoms with E-state index in [1.807, 2.05) is 12.2 Å². The van der Waals surface area contributed by atoms with Crippen LogP contribution >= 0.6 is 0 Å². The maximum atomic E-state index is 12.5. The van der Waals surface area contributed by atoms with Crippen LogP contribution < -0.4 is 0 Å². The number of carbonyl (C=O) groups excluding carboxylic acids is 2. The van der Waals surface area contributed by atoms with Gasteiger partial charge in [0.25, 0.3) is 0 Å². The summed E-state index contributed by atoms with van der Waals surface area (Å²) in [6.07, 6.45) is 13.0. The molecule has 2 fully saturated rings. The Morgan fingerprint density at radius 1 is 1.32 bits per heavy atom. The summed E-state index contributed by atoms with van der Waals surface area (Å²) in [6.45, 7) is 2.58. The van der Waals surface area contributed by atoms with Crippen LogP contribution in [0.5, 0.6) is 0 Å². The Balaban J connectivity index is 1.39. The average molecular weight is 387 g/mol. The minimum absolute atomic E-state index is 0.118. The molecule has 0 aromatic rings. The molecule has 1 amide bonds. The lowest BCUT2D eigenvalue weighted by molar-refractivity contribution is -0.150. The van der Waals surface area contributed by atoms with Crippen molar-refractivity contribution in [3.05, 3.63) is 48.0 Å². The third kappa shape index (κ3) is 3.66. The Kier molecular flexibility index (Phi) is 5.15. The summed E-state index contributed by atoms with van der Waals surface area (Å²) in [6, 6.07) is 0. The van der Waals surface area contributed by atoms with Crippen molar-refractivity contribution in [2.45, 2.75) is 51.0 Å². The van der Waals surface area contributed by atoms with Gasteiger partial charge in [-0.3, -0.25) is 4.79 Å². The second-order valence-corrected chi connectivity index (χ2v) is 7.50. The molecule has 1 saturated carbocycles. The number of nitrogens with zero attached hydrogens (tertiary/aromatic N) is 1. The molecular formula is C21H25NO6. The molecule has 0 unspecified atom stereocenters. The molecule has 2 aliphatic carbocycles. The van der Waals surface area contributed by atoms with Crippen LogP contribution in [-0.4, -0.2) is 35.7 Å². The number of carbonyl (C=O) groups is 2. The zero-order valence-electron chi connectivity index (χ0n) is 16.0. The van der Waals surface area contributed by atoms with Crippen molar-refractivity contribution in [3.8, 4) is 0 Å². The van der Waals surface area contributed by atoms with E-state index in [1.54, 1.807) is 13.2 Å². The van der Waals surface area contributed by atoms with Crippen LogP contribution in [0.3, 0.4) is 0 Å². The highest BCUT2D eigenvalue weighted by atomic mass is 16.6. The molecule has 0 aromatic heterocycles. The molecule has 7 nitrogen and oxygen atoms in total. The molecule has 0 atom stereocenters. The standard InChI is InChI=1S/C21H25NO6/c1-2-26-19(23)16-8-10-21(11-9-16)14-22(20(24)28-21)18-13-25-12-17(27-18)15-6-4-3-5-7-15/h3-4,6,12-13,16H,2,5,7-11,14H2,1H3. The summed E-state index contributed by atoms with van der Waals surface area (Å²) in [5.74, 6) is 0.673. The van der Waals surface area contributed by atoms with Gasteiger partial charge in [0, 0.05) is 0 Å². The molecule has 1 spiro atoms. The van der Waals surface area contributed by atoms with Crippen LogP contribution in [0.1, 0.15) is 45.4 Å². The lowest BCUT2D eigenvalue weighted by atomic mass is 9.79. The van der Waals surface area contributed by atoms with Gasteiger partial charge in [-0.1, -0.05) is 18.2 Å². The van der Waals surface area contributed by atoms with Gasteiger partial charge in [-0.2, -0.15) is 0 Å². The first-order valence-corrected chi connectivity index (χ1v) is 9.87. The highest BCUT2D eigenvalue weighted by Crippen LogP contribution is 2.41. The molecule has 4 rings (SSSR count). The van der Waals surface area contributed by atoms with E-state index in [-0.39, 0.29) is 11.9 Å². The predicted octanol–water partition coefficient (Wildman–Crippen LogP) is 3.89. The van der Waals surface area contributed by atoms with Crippen molar-refractivity contribution < 1.29 is 28.5 Å². The largest absolute Gasteiger partial charge is 0.466 e. The third-order valence-corrected chi connectivity index (χ3v) is 5.64. The lowest BCUT2D eigenvalue weighted by Gasteiger charge is -2.34. The molecule has 2 heterocycles. The molecule has 4 aliphatic rings. The van der Waals surface area contributed by atoms with Crippen LogP contribution in [0.4, 0.5) is 4.79 Å². The number of allylic oxidation sites excluding steroid dienone is 4. The number of amides is 1. The van der Waals surface area contributed by atoms with Gasteiger partial charge in [0.05, 0.1) is 19.1 Å². The summed E-state index contributed by atoms with van der Waals surface area (Å²) < 4.78 is 22.2. The first-order chi connectivity index (χ1) is 13.6. The summed E-state index contributed by atoms with van der Waals surface area (Å²) >= 11 is 0. The minimum Gasteiger partial charge on any atom is -0.466 e. The van der Waals surface area contributed by atoms with Crippen molar-refractivity contribution in [1.82, 2.24) is 4.90 Å². The molecule has 150 valence electrons. The molecular weight excluding hydrogens is 362 g/mol. The maximum Gasteiger partial charge on any atom is 0.417 e. The number of rotatable bonds is 4. The van der Waals surface area contributed by atoms with Crippen LogP contribution in [0.15, 0.2) is 48.0 Å². The number of hydrogen-bond acceptors (Lipinski definition) is 6. The molecule has 0 bridgehead atoms. The fourth-order valence-electron chi connectivity index (χ4n) is 4.08. The fraction of sp³-hybridized carbons (Fsp3) is 0.524. The zero-order chi connectivity index (χ0) is 19.6. The van der Waals surface area contributed by atoms with Crippen LogP contribution in [0.25, 0.3) is 0 Å². The van der Waals surface area contributed by atoms with E-state index in [0.717, 1.165) is 18.4 Å². The summed E-state index contributed by atoms with van der Waals surface area (Å²) in [5.41, 5.74) is 0.448. The van der Waals surface area contributed by atoms with E-state index in [2.05, 4.69) is 6.08 Å². The summed E-state index contributed by atoms with van der Waals surface area (Å²) in [4.78, 5) is 26.0. The van der Waals surface area contributed by atoms with Gasteiger partial charge in [0.15, 0.2) is 12.0 Å². The SMILES string of the molecule is CCOC(=O)C1CCC2(CC1)CN(C1=COC=C(C3=CC=CCC3)O1)C(=O)O2. The van der Waals surface area contributed by atoms with Crippen LogP contribution in [0.2, 0.25) is 0 Å². The van der Waals surface area contributed by atoms with Crippen molar-refractivity contribution >= 4 is 12.1 Å². The first-order valence-electron chi connectivity index (χ1n) is 9.87. The Bertz CT molecular complexity index is 770. The van der Waals surface area contributed by atoms with E-state index in [4.69, 9.17) is 18.9 Å². The lowest BCUT2D eigenvalue weighted by Crippen LogP contribution is -2.40. The van der Waals surface area contributed by atoms with Crippen LogP contribution in [0, 0.1) is 5.92 Å². The molecule has 1 saturated heterocycles. The average Bonchev–Trinajstić information content (AvgIpc) is 3.05. The van der Waals surface area contributed by atoms with E-state index < -0.39 is 11.7 Å². The van der Waals surface area contributed by atoms with Gasteiger partial charge in [-0.25, -0.2) is 9.69 Å². The summed E-state index contributed by atoms with van der Waals surface area (Å²) in [7, 11) is 0. The smallest absolute Gasteiger partial charge is 0.417 e. The molecule has 0 N–H and O–H groups in total. The van der Waals surface area contributed by atoms with E-state index in [0.29, 0.717) is 50.5 Å². The fourth-order valence-corrected chi connectivity index (χ4v) is 4.08. The molecule has 2 aliphatic heterocycles. The maximum absolute atomic E-state index is 12.5. The Hall–Kier alpha value is -2.70. The van der Waals surface area contributed by atoms with Gasteiger partial charge < -0.3 is 18.9 Å². The topological polar surface area (TPSA) is 74.3 Å². The highest BCUT2D eigenvalue weighted by molar-refractivity contribution is 5.74. The van der Waals surface area contributed by atoms with E-state index in [9.17, 15) is 9.59 Å². The monoisotopic (exact) mass is 387 g/mol. The molecule has 28 heavy (non-hydrogen) atoms. The number of hydrogen-bond donors (Lipinski definition) is 0. The van der Waals surface area contributed by atoms with Crippen molar-refractivity contribution in [2.24, 2.45) is 5.92 Å². The summed E-state index contributed by atoms with van der Waals surface area (Å²) in [5, 5.41) is 0. The second kappa shape index (κ2) is 7.73. The van der Waals surface area contributed by atoms with Crippen LogP contribution in [-0.2, 0) is 23.7 Å². The van der Waals surface area contributed by atoms with Gasteiger partial charge in [-0.05, 0) is 51.0 Å². The van der Waals surface area contributed by atoms with Crippen molar-refractivity contribution in [2.75, 3.05) is 13.2 Å². The van der Waals surface area contributed by atoms with E-state index in [1.165, 1.54) is 11.2 Å².